The highest BCUT2D eigenvalue weighted by molar-refractivity contribution is 5.19. The molecule has 4 nitrogen and oxygen atoms in total. The monoisotopic (exact) mass is 258 g/mol. The predicted octanol–water partition coefficient (Wildman–Crippen LogP) is 2.27. The number of rotatable bonds is 6. The van der Waals surface area contributed by atoms with Gasteiger partial charge in [0.25, 0.3) is 0 Å². The van der Waals surface area contributed by atoms with Gasteiger partial charge in [-0.05, 0) is 43.1 Å². The molecule has 0 aliphatic carbocycles. The van der Waals surface area contributed by atoms with Crippen molar-refractivity contribution in [2.75, 3.05) is 6.54 Å². The SMILES string of the molecule is CCNC(Cc1ccncc1)c1cc(CC)nn1C. The van der Waals surface area contributed by atoms with Crippen LogP contribution in [0.4, 0.5) is 0 Å². The molecular formula is C15H22N4. The Labute approximate surface area is 114 Å². The van der Waals surface area contributed by atoms with Crippen molar-refractivity contribution in [1.29, 1.82) is 0 Å². The van der Waals surface area contributed by atoms with Crippen LogP contribution in [-0.4, -0.2) is 21.3 Å². The van der Waals surface area contributed by atoms with E-state index in [0.29, 0.717) is 6.04 Å². The number of nitrogens with zero attached hydrogens (tertiary/aromatic N) is 3. The van der Waals surface area contributed by atoms with E-state index >= 15 is 0 Å². The summed E-state index contributed by atoms with van der Waals surface area (Å²) in [5.74, 6) is 0. The smallest absolute Gasteiger partial charge is 0.0625 e. The van der Waals surface area contributed by atoms with Crippen molar-refractivity contribution in [1.82, 2.24) is 20.1 Å². The Balaban J connectivity index is 2.21. The number of aryl methyl sites for hydroxylation is 2. The van der Waals surface area contributed by atoms with E-state index in [1.54, 1.807) is 0 Å². The predicted molar refractivity (Wildman–Crippen MR) is 76.9 cm³/mol. The number of pyridine rings is 1. The van der Waals surface area contributed by atoms with Gasteiger partial charge in [-0.3, -0.25) is 9.67 Å². The van der Waals surface area contributed by atoms with Crippen molar-refractivity contribution in [2.45, 2.75) is 32.7 Å². The molecule has 1 unspecified atom stereocenters. The molecule has 0 aliphatic heterocycles. The average molecular weight is 258 g/mol. The van der Waals surface area contributed by atoms with Gasteiger partial charge in [0, 0.05) is 19.4 Å². The molecule has 2 aromatic rings. The molecule has 2 rings (SSSR count). The Kier molecular flexibility index (Phi) is 4.68. The molecule has 2 aromatic heterocycles. The third-order valence-corrected chi connectivity index (χ3v) is 3.33. The minimum atomic E-state index is 0.296. The van der Waals surface area contributed by atoms with Crippen LogP contribution in [0, 0.1) is 0 Å². The van der Waals surface area contributed by atoms with Crippen LogP contribution in [0.3, 0.4) is 0 Å². The van der Waals surface area contributed by atoms with E-state index in [9.17, 15) is 0 Å². The van der Waals surface area contributed by atoms with Crippen LogP contribution in [0.5, 0.6) is 0 Å². The van der Waals surface area contributed by atoms with Crippen molar-refractivity contribution in [2.24, 2.45) is 7.05 Å². The van der Waals surface area contributed by atoms with E-state index in [1.807, 2.05) is 24.1 Å². The highest BCUT2D eigenvalue weighted by Gasteiger charge is 2.16. The van der Waals surface area contributed by atoms with Crippen LogP contribution in [-0.2, 0) is 19.9 Å². The molecule has 1 N–H and O–H groups in total. The fraction of sp³-hybridized carbons (Fsp3) is 0.467. The first-order chi connectivity index (χ1) is 9.24. The Hall–Kier alpha value is -1.68. The maximum atomic E-state index is 4.54. The molecule has 2 heterocycles. The molecule has 0 amide bonds. The summed E-state index contributed by atoms with van der Waals surface area (Å²) >= 11 is 0. The van der Waals surface area contributed by atoms with E-state index in [1.165, 1.54) is 11.3 Å². The number of likely N-dealkylation sites (N-methyl/N-ethyl adjacent to an activating group) is 1. The first-order valence-electron chi connectivity index (χ1n) is 6.89. The van der Waals surface area contributed by atoms with Gasteiger partial charge in [-0.2, -0.15) is 5.10 Å². The van der Waals surface area contributed by atoms with Gasteiger partial charge < -0.3 is 5.32 Å². The first kappa shape index (κ1) is 13.7. The molecule has 19 heavy (non-hydrogen) atoms. The summed E-state index contributed by atoms with van der Waals surface area (Å²) in [6.07, 6.45) is 5.62. The van der Waals surface area contributed by atoms with Gasteiger partial charge in [0.2, 0.25) is 0 Å². The largest absolute Gasteiger partial charge is 0.309 e. The Morgan fingerprint density at radius 2 is 2.00 bits per heavy atom. The van der Waals surface area contributed by atoms with Crippen molar-refractivity contribution < 1.29 is 0 Å². The molecule has 0 aromatic carbocycles. The van der Waals surface area contributed by atoms with Crippen molar-refractivity contribution in [3.05, 3.63) is 47.5 Å². The van der Waals surface area contributed by atoms with Crippen LogP contribution >= 0.6 is 0 Å². The van der Waals surface area contributed by atoms with Gasteiger partial charge in [0.15, 0.2) is 0 Å². The zero-order valence-corrected chi connectivity index (χ0v) is 11.9. The van der Waals surface area contributed by atoms with E-state index in [2.05, 4.69) is 47.4 Å². The lowest BCUT2D eigenvalue weighted by Gasteiger charge is -2.18. The Morgan fingerprint density at radius 1 is 1.26 bits per heavy atom. The van der Waals surface area contributed by atoms with Gasteiger partial charge in [0.1, 0.15) is 0 Å². The van der Waals surface area contributed by atoms with Crippen LogP contribution in [0.15, 0.2) is 30.6 Å². The second kappa shape index (κ2) is 6.48. The van der Waals surface area contributed by atoms with Gasteiger partial charge in [-0.1, -0.05) is 13.8 Å². The second-order valence-corrected chi connectivity index (χ2v) is 4.71. The van der Waals surface area contributed by atoms with E-state index in [0.717, 1.165) is 25.1 Å². The molecule has 0 spiro atoms. The van der Waals surface area contributed by atoms with Crippen molar-refractivity contribution in [3.63, 3.8) is 0 Å². The number of hydrogen-bond donors (Lipinski definition) is 1. The van der Waals surface area contributed by atoms with E-state index in [4.69, 9.17) is 0 Å². The summed E-state index contributed by atoms with van der Waals surface area (Å²) in [6.45, 7) is 5.22. The van der Waals surface area contributed by atoms with Crippen LogP contribution in [0.2, 0.25) is 0 Å². The molecule has 1 atom stereocenters. The molecule has 0 fully saturated rings. The average Bonchev–Trinajstić information content (AvgIpc) is 2.81. The lowest BCUT2D eigenvalue weighted by atomic mass is 10.0. The molecule has 0 saturated heterocycles. The quantitative estimate of drug-likeness (QED) is 0.864. The summed E-state index contributed by atoms with van der Waals surface area (Å²) < 4.78 is 1.99. The molecule has 0 saturated carbocycles. The van der Waals surface area contributed by atoms with E-state index in [-0.39, 0.29) is 0 Å². The third kappa shape index (κ3) is 3.41. The van der Waals surface area contributed by atoms with Gasteiger partial charge >= 0.3 is 0 Å². The molecule has 0 radical (unpaired) electrons. The second-order valence-electron chi connectivity index (χ2n) is 4.71. The number of aromatic nitrogens is 3. The summed E-state index contributed by atoms with van der Waals surface area (Å²) in [5.41, 5.74) is 3.69. The summed E-state index contributed by atoms with van der Waals surface area (Å²) in [7, 11) is 2.02. The minimum Gasteiger partial charge on any atom is -0.309 e. The summed E-state index contributed by atoms with van der Waals surface area (Å²) in [4.78, 5) is 4.07. The van der Waals surface area contributed by atoms with Crippen molar-refractivity contribution in [3.8, 4) is 0 Å². The lowest BCUT2D eigenvalue weighted by molar-refractivity contribution is 0.507. The fourth-order valence-electron chi connectivity index (χ4n) is 2.32. The topological polar surface area (TPSA) is 42.7 Å². The summed E-state index contributed by atoms with van der Waals surface area (Å²) in [6, 6.07) is 6.64. The van der Waals surface area contributed by atoms with Crippen LogP contribution in [0.25, 0.3) is 0 Å². The number of nitrogens with one attached hydrogen (secondary N) is 1. The normalized spacial score (nSPS) is 12.6. The lowest BCUT2D eigenvalue weighted by Crippen LogP contribution is -2.25. The van der Waals surface area contributed by atoms with Crippen LogP contribution in [0.1, 0.15) is 36.8 Å². The zero-order valence-electron chi connectivity index (χ0n) is 11.9. The third-order valence-electron chi connectivity index (χ3n) is 3.33. The first-order valence-corrected chi connectivity index (χ1v) is 6.89. The molecule has 102 valence electrons. The van der Waals surface area contributed by atoms with E-state index < -0.39 is 0 Å². The maximum absolute atomic E-state index is 4.54. The number of hydrogen-bond acceptors (Lipinski definition) is 3. The minimum absolute atomic E-state index is 0.296. The standard InChI is InChI=1S/C15H22N4/c1-4-13-11-15(19(3)18-13)14(17-5-2)10-12-6-8-16-9-7-12/h6-9,11,14,17H,4-5,10H2,1-3H3. The maximum Gasteiger partial charge on any atom is 0.0625 e. The van der Waals surface area contributed by atoms with Crippen LogP contribution < -0.4 is 5.32 Å². The highest BCUT2D eigenvalue weighted by atomic mass is 15.3. The van der Waals surface area contributed by atoms with Gasteiger partial charge in [0.05, 0.1) is 17.4 Å². The molecule has 0 aliphatic rings. The molecule has 4 heteroatoms. The Bertz CT molecular complexity index is 504. The Morgan fingerprint density at radius 3 is 2.58 bits per heavy atom. The fourth-order valence-corrected chi connectivity index (χ4v) is 2.32. The molecule has 0 bridgehead atoms. The van der Waals surface area contributed by atoms with Crippen molar-refractivity contribution >= 4 is 0 Å². The molecular weight excluding hydrogens is 236 g/mol. The van der Waals surface area contributed by atoms with Gasteiger partial charge in [-0.15, -0.1) is 0 Å². The highest BCUT2D eigenvalue weighted by Crippen LogP contribution is 2.19. The summed E-state index contributed by atoms with van der Waals surface area (Å²) in [5, 5.41) is 8.08. The van der Waals surface area contributed by atoms with Gasteiger partial charge in [-0.25, -0.2) is 0 Å². The zero-order chi connectivity index (χ0) is 13.7.